The fourth-order valence-electron chi connectivity index (χ4n) is 3.76. The molecule has 208 valence electrons. The van der Waals surface area contributed by atoms with E-state index in [-0.39, 0.29) is 18.0 Å². The molecule has 0 saturated carbocycles. The number of benzene rings is 3. The van der Waals surface area contributed by atoms with E-state index in [2.05, 4.69) is 6.92 Å². The van der Waals surface area contributed by atoms with Crippen LogP contribution in [-0.4, -0.2) is 38.6 Å². The van der Waals surface area contributed by atoms with Gasteiger partial charge in [0, 0.05) is 0 Å². The Morgan fingerprint density at radius 3 is 1.36 bits per heavy atom. The van der Waals surface area contributed by atoms with Crippen molar-refractivity contribution in [2.75, 3.05) is 21.3 Å². The molecule has 0 aliphatic rings. The molecule has 6 heteroatoms. The summed E-state index contributed by atoms with van der Waals surface area (Å²) in [6.07, 6.45) is 9.72. The molecule has 3 aromatic carbocycles. The summed E-state index contributed by atoms with van der Waals surface area (Å²) in [5.74, 6) is 2.82. The first-order chi connectivity index (χ1) is 18.8. The van der Waals surface area contributed by atoms with Crippen molar-refractivity contribution in [3.05, 3.63) is 70.8 Å². The Hall–Kier alpha value is -4.06. The molecule has 0 aromatic heterocycles. The zero-order valence-corrected chi connectivity index (χ0v) is 24.0. The van der Waals surface area contributed by atoms with Gasteiger partial charge in [-0.15, -0.1) is 0 Å². The molecule has 3 aromatic rings. The summed E-state index contributed by atoms with van der Waals surface area (Å²) in [4.78, 5) is 0. The van der Waals surface area contributed by atoms with E-state index in [1.165, 1.54) is 0 Å². The van der Waals surface area contributed by atoms with Gasteiger partial charge in [-0.05, 0) is 73.2 Å². The van der Waals surface area contributed by atoms with Gasteiger partial charge in [-0.1, -0.05) is 62.4 Å². The molecule has 0 bridgehead atoms. The molecule has 0 saturated heterocycles. The average Bonchev–Trinajstić information content (AvgIpc) is 2.96. The molecule has 6 nitrogen and oxygen atoms in total. The van der Waals surface area contributed by atoms with Crippen LogP contribution in [0.2, 0.25) is 0 Å². The van der Waals surface area contributed by atoms with Crippen molar-refractivity contribution in [2.45, 2.75) is 52.7 Å². The highest BCUT2D eigenvalue weighted by Gasteiger charge is 2.16. The number of phenols is 1. The Morgan fingerprint density at radius 1 is 0.590 bits per heavy atom. The van der Waals surface area contributed by atoms with E-state index in [9.17, 15) is 5.11 Å². The quantitative estimate of drug-likeness (QED) is 0.224. The van der Waals surface area contributed by atoms with Crippen molar-refractivity contribution < 1.29 is 28.8 Å². The predicted molar refractivity (Wildman–Crippen MR) is 159 cm³/mol. The fraction of sp³-hybridized carbons (Fsp3) is 0.333. The topological polar surface area (TPSA) is 66.4 Å². The highest BCUT2D eigenvalue weighted by atomic mass is 16.5. The summed E-state index contributed by atoms with van der Waals surface area (Å²) in [7, 11) is 4.83. The van der Waals surface area contributed by atoms with E-state index in [0.29, 0.717) is 28.7 Å². The summed E-state index contributed by atoms with van der Waals surface area (Å²) in [5, 5.41) is 10.5. The van der Waals surface area contributed by atoms with Crippen molar-refractivity contribution >= 4 is 24.3 Å². The predicted octanol–water partition coefficient (Wildman–Crippen LogP) is 8.11. The Balaban J connectivity index is 1.75. The first kappa shape index (κ1) is 29.5. The molecule has 1 N–H and O–H groups in total. The van der Waals surface area contributed by atoms with Gasteiger partial charge in [-0.2, -0.15) is 0 Å². The van der Waals surface area contributed by atoms with E-state index >= 15 is 0 Å². The number of hydrogen-bond donors (Lipinski definition) is 1. The van der Waals surface area contributed by atoms with Gasteiger partial charge in [-0.3, -0.25) is 0 Å². The Kier molecular flexibility index (Phi) is 10.7. The lowest BCUT2D eigenvalue weighted by Gasteiger charge is -2.18. The molecule has 3 rings (SSSR count). The largest absolute Gasteiger partial charge is 0.504 e. The smallest absolute Gasteiger partial charge is 0.203 e. The summed E-state index contributed by atoms with van der Waals surface area (Å²) in [6, 6.07) is 15.6. The number of aromatic hydroxyl groups is 1. The first-order valence-corrected chi connectivity index (χ1v) is 13.3. The van der Waals surface area contributed by atoms with E-state index < -0.39 is 0 Å². The van der Waals surface area contributed by atoms with Crippen LogP contribution in [0.25, 0.3) is 24.3 Å². The molecule has 2 atom stereocenters. The van der Waals surface area contributed by atoms with Crippen LogP contribution < -0.4 is 23.7 Å². The highest BCUT2D eigenvalue weighted by Crippen LogP contribution is 2.40. The second-order valence-corrected chi connectivity index (χ2v) is 9.33. The van der Waals surface area contributed by atoms with Gasteiger partial charge in [0.2, 0.25) is 11.5 Å². The van der Waals surface area contributed by atoms with Crippen LogP contribution in [0.15, 0.2) is 48.5 Å². The Morgan fingerprint density at radius 2 is 0.949 bits per heavy atom. The van der Waals surface area contributed by atoms with Crippen LogP contribution >= 0.6 is 0 Å². The number of methoxy groups -OCH3 is 3. The lowest BCUT2D eigenvalue weighted by Crippen LogP contribution is -2.11. The van der Waals surface area contributed by atoms with Crippen molar-refractivity contribution in [3.8, 4) is 34.5 Å². The van der Waals surface area contributed by atoms with Crippen LogP contribution in [0.4, 0.5) is 0 Å². The molecule has 0 spiro atoms. The zero-order valence-electron chi connectivity index (χ0n) is 24.0. The van der Waals surface area contributed by atoms with Crippen molar-refractivity contribution in [1.29, 1.82) is 0 Å². The van der Waals surface area contributed by atoms with Gasteiger partial charge in [0.1, 0.15) is 0 Å². The third kappa shape index (κ3) is 7.96. The Labute approximate surface area is 232 Å². The molecule has 0 aliphatic carbocycles. The molecule has 0 radical (unpaired) electrons. The molecule has 0 fully saturated rings. The SMILES string of the molecule is CCC(C)Oc1c(O)cc(/C=C/c2ccc(/C=C/c3cc(OC)c(OC(C)CC)c(OC)c3)cc2)cc1OC. The highest BCUT2D eigenvalue weighted by molar-refractivity contribution is 5.75. The lowest BCUT2D eigenvalue weighted by molar-refractivity contribution is 0.198. The van der Waals surface area contributed by atoms with Crippen LogP contribution in [0.3, 0.4) is 0 Å². The van der Waals surface area contributed by atoms with Gasteiger partial charge in [0.05, 0.1) is 33.5 Å². The van der Waals surface area contributed by atoms with Crippen LogP contribution in [0.5, 0.6) is 34.5 Å². The maximum atomic E-state index is 10.5. The van der Waals surface area contributed by atoms with Gasteiger partial charge in [0.25, 0.3) is 0 Å². The van der Waals surface area contributed by atoms with Crippen LogP contribution in [-0.2, 0) is 0 Å². The van der Waals surface area contributed by atoms with Crippen molar-refractivity contribution in [2.24, 2.45) is 0 Å². The maximum absolute atomic E-state index is 10.5. The molecule has 0 amide bonds. The summed E-state index contributed by atoms with van der Waals surface area (Å²) >= 11 is 0. The summed E-state index contributed by atoms with van der Waals surface area (Å²) in [6.45, 7) is 8.08. The summed E-state index contributed by atoms with van der Waals surface area (Å²) < 4.78 is 28.5. The van der Waals surface area contributed by atoms with E-state index in [1.807, 2.05) is 87.5 Å². The van der Waals surface area contributed by atoms with Gasteiger partial charge < -0.3 is 28.8 Å². The van der Waals surface area contributed by atoms with Crippen LogP contribution in [0.1, 0.15) is 62.8 Å². The molecule has 0 aliphatic heterocycles. The standard InChI is InChI=1S/C33H40O6/c1-8-22(3)38-32-28(34)18-26(19-29(32)35-5)16-14-24-10-12-25(13-11-24)15-17-27-20-30(36-6)33(31(21-27)37-7)39-23(4)9-2/h10-23,34H,8-9H2,1-7H3/b16-14+,17-15+. The van der Waals surface area contributed by atoms with Gasteiger partial charge >= 0.3 is 0 Å². The molecule has 0 heterocycles. The Bertz CT molecular complexity index is 1250. The molecular formula is C33H40O6. The minimum atomic E-state index is -0.0224. The third-order valence-electron chi connectivity index (χ3n) is 6.42. The van der Waals surface area contributed by atoms with Crippen molar-refractivity contribution in [3.63, 3.8) is 0 Å². The second kappa shape index (κ2) is 14.2. The minimum absolute atomic E-state index is 0.0224. The number of ether oxygens (including phenoxy) is 5. The summed E-state index contributed by atoms with van der Waals surface area (Å²) in [5.41, 5.74) is 3.84. The second-order valence-electron chi connectivity index (χ2n) is 9.33. The molecular weight excluding hydrogens is 492 g/mol. The molecule has 2 unspecified atom stereocenters. The number of phenolic OH excluding ortho intramolecular Hbond substituents is 1. The fourth-order valence-corrected chi connectivity index (χ4v) is 3.76. The normalized spacial score (nSPS) is 12.9. The maximum Gasteiger partial charge on any atom is 0.203 e. The molecule has 39 heavy (non-hydrogen) atoms. The van der Waals surface area contributed by atoms with E-state index in [1.54, 1.807) is 27.4 Å². The van der Waals surface area contributed by atoms with E-state index in [0.717, 1.165) is 35.1 Å². The minimum Gasteiger partial charge on any atom is -0.504 e. The monoisotopic (exact) mass is 532 g/mol. The number of rotatable bonds is 13. The van der Waals surface area contributed by atoms with Crippen molar-refractivity contribution in [1.82, 2.24) is 0 Å². The zero-order chi connectivity index (χ0) is 28.4. The van der Waals surface area contributed by atoms with Gasteiger partial charge in [-0.25, -0.2) is 0 Å². The number of hydrogen-bond acceptors (Lipinski definition) is 6. The average molecular weight is 533 g/mol. The van der Waals surface area contributed by atoms with Gasteiger partial charge in [0.15, 0.2) is 23.0 Å². The van der Waals surface area contributed by atoms with Crippen LogP contribution in [0, 0.1) is 0 Å². The third-order valence-corrected chi connectivity index (χ3v) is 6.42. The lowest BCUT2D eigenvalue weighted by atomic mass is 10.1. The first-order valence-electron chi connectivity index (χ1n) is 13.3. The van der Waals surface area contributed by atoms with E-state index in [4.69, 9.17) is 23.7 Å².